The lowest BCUT2D eigenvalue weighted by Crippen LogP contribution is -2.19. The largest absolute Gasteiger partial charge is 0.409 e. The third-order valence-electron chi connectivity index (χ3n) is 6.69. The molecule has 9 heteroatoms. The van der Waals surface area contributed by atoms with Gasteiger partial charge in [0.15, 0.2) is 5.84 Å². The lowest BCUT2D eigenvalue weighted by Gasteiger charge is -2.18. The van der Waals surface area contributed by atoms with Crippen LogP contribution in [-0.2, 0) is 6.54 Å². The van der Waals surface area contributed by atoms with Crippen LogP contribution in [0.2, 0.25) is 0 Å². The maximum Gasteiger partial charge on any atom is 0.272 e. The van der Waals surface area contributed by atoms with Gasteiger partial charge in [0.2, 0.25) is 5.91 Å². The lowest BCUT2D eigenvalue weighted by molar-refractivity contribution is 0.0997. The SMILES string of the molecule is NC(=O)c1ccc(Cn2c(C(=O)Nc3cccc(N4CCCC4)c3)cc3ccc(/C(N)=N/O)cc32)cc1. The maximum atomic E-state index is 13.6. The number of anilines is 2. The van der Waals surface area contributed by atoms with Gasteiger partial charge in [-0.05, 0) is 60.9 Å². The molecule has 1 fully saturated rings. The standard InChI is InChI=1S/C28H28N6O3/c29-26(32-37)21-11-10-20-14-25(28(36)31-22-4-3-5-23(16-22)33-12-1-2-13-33)34(24(20)15-21)17-18-6-8-19(9-7-18)27(30)35/h3-11,14-16,37H,1-2,12-13,17H2,(H2,29,32)(H2,30,35)(H,31,36). The Morgan fingerprint density at radius 2 is 1.65 bits per heavy atom. The minimum atomic E-state index is -0.502. The van der Waals surface area contributed by atoms with Gasteiger partial charge in [0.25, 0.3) is 5.91 Å². The van der Waals surface area contributed by atoms with Gasteiger partial charge >= 0.3 is 0 Å². The Labute approximate surface area is 214 Å². The van der Waals surface area contributed by atoms with Crippen LogP contribution in [0.5, 0.6) is 0 Å². The summed E-state index contributed by atoms with van der Waals surface area (Å²) in [7, 11) is 0. The first-order valence-electron chi connectivity index (χ1n) is 12.1. The van der Waals surface area contributed by atoms with Crippen molar-refractivity contribution in [1.29, 1.82) is 0 Å². The number of carbonyl (C=O) groups excluding carboxylic acids is 2. The van der Waals surface area contributed by atoms with E-state index in [1.54, 1.807) is 36.4 Å². The molecule has 2 heterocycles. The van der Waals surface area contributed by atoms with Crippen molar-refractivity contribution in [2.45, 2.75) is 19.4 Å². The summed E-state index contributed by atoms with van der Waals surface area (Å²) in [6, 6.07) is 22.0. The first-order valence-corrected chi connectivity index (χ1v) is 12.1. The predicted molar refractivity (Wildman–Crippen MR) is 144 cm³/mol. The topological polar surface area (TPSA) is 139 Å². The Morgan fingerprint density at radius 1 is 0.919 bits per heavy atom. The number of aromatic nitrogens is 1. The summed E-state index contributed by atoms with van der Waals surface area (Å²) in [5.41, 5.74) is 16.0. The molecule has 6 N–H and O–H groups in total. The van der Waals surface area contributed by atoms with E-state index in [9.17, 15) is 9.59 Å². The quantitative estimate of drug-likeness (QED) is 0.134. The summed E-state index contributed by atoms with van der Waals surface area (Å²) in [6.45, 7) is 2.39. The molecule has 0 saturated carbocycles. The highest BCUT2D eigenvalue weighted by molar-refractivity contribution is 6.08. The number of rotatable bonds is 7. The Kier molecular flexibility index (Phi) is 6.51. The number of benzene rings is 3. The summed E-state index contributed by atoms with van der Waals surface area (Å²) in [5.74, 6) is -0.781. The molecule has 1 aliphatic heterocycles. The molecule has 0 spiro atoms. The summed E-state index contributed by atoms with van der Waals surface area (Å²) in [5, 5.41) is 16.1. The number of hydrogen-bond acceptors (Lipinski definition) is 5. The molecular weight excluding hydrogens is 468 g/mol. The molecule has 0 radical (unpaired) electrons. The monoisotopic (exact) mass is 496 g/mol. The van der Waals surface area contributed by atoms with E-state index >= 15 is 0 Å². The number of carbonyl (C=O) groups is 2. The molecule has 2 amide bonds. The van der Waals surface area contributed by atoms with E-state index < -0.39 is 5.91 Å². The molecule has 1 aliphatic rings. The number of primary amides is 1. The third kappa shape index (κ3) is 4.97. The molecule has 3 aromatic carbocycles. The zero-order valence-corrected chi connectivity index (χ0v) is 20.2. The van der Waals surface area contributed by atoms with Crippen molar-refractivity contribution in [2.24, 2.45) is 16.6 Å². The normalized spacial score (nSPS) is 13.7. The van der Waals surface area contributed by atoms with Crippen LogP contribution in [0.1, 0.15) is 44.8 Å². The third-order valence-corrected chi connectivity index (χ3v) is 6.69. The number of fused-ring (bicyclic) bond motifs is 1. The summed E-state index contributed by atoms with van der Waals surface area (Å²) >= 11 is 0. The molecule has 4 aromatic rings. The number of nitrogens with zero attached hydrogens (tertiary/aromatic N) is 3. The first kappa shape index (κ1) is 23.9. The number of amidine groups is 1. The fourth-order valence-corrected chi connectivity index (χ4v) is 4.74. The molecule has 0 atom stereocenters. The average molecular weight is 497 g/mol. The smallest absolute Gasteiger partial charge is 0.272 e. The molecule has 0 unspecified atom stereocenters. The number of nitrogens with one attached hydrogen (secondary N) is 1. The Hall–Kier alpha value is -4.79. The highest BCUT2D eigenvalue weighted by Crippen LogP contribution is 2.26. The Bertz CT molecular complexity index is 1500. The van der Waals surface area contributed by atoms with Crippen LogP contribution in [0.25, 0.3) is 10.9 Å². The van der Waals surface area contributed by atoms with Gasteiger partial charge in [-0.15, -0.1) is 0 Å². The number of oxime groups is 1. The molecule has 37 heavy (non-hydrogen) atoms. The van der Waals surface area contributed by atoms with Crippen LogP contribution in [0.3, 0.4) is 0 Å². The van der Waals surface area contributed by atoms with Crippen molar-refractivity contribution in [2.75, 3.05) is 23.3 Å². The second-order valence-electron chi connectivity index (χ2n) is 9.13. The molecule has 1 saturated heterocycles. The highest BCUT2D eigenvalue weighted by Gasteiger charge is 2.19. The second-order valence-corrected chi connectivity index (χ2v) is 9.13. The van der Waals surface area contributed by atoms with E-state index in [0.29, 0.717) is 23.4 Å². The van der Waals surface area contributed by atoms with Crippen LogP contribution in [0.4, 0.5) is 11.4 Å². The van der Waals surface area contributed by atoms with E-state index in [4.69, 9.17) is 16.7 Å². The zero-order chi connectivity index (χ0) is 25.9. The van der Waals surface area contributed by atoms with Crippen molar-refractivity contribution in [3.05, 3.63) is 95.2 Å². The predicted octanol–water partition coefficient (Wildman–Crippen LogP) is 3.74. The Morgan fingerprint density at radius 3 is 2.35 bits per heavy atom. The van der Waals surface area contributed by atoms with Crippen molar-refractivity contribution in [3.63, 3.8) is 0 Å². The second kappa shape index (κ2) is 10.1. The Balaban J connectivity index is 1.51. The highest BCUT2D eigenvalue weighted by atomic mass is 16.4. The fourth-order valence-electron chi connectivity index (χ4n) is 4.74. The number of amides is 2. The first-order chi connectivity index (χ1) is 17.9. The molecule has 9 nitrogen and oxygen atoms in total. The molecule has 0 bridgehead atoms. The van der Waals surface area contributed by atoms with Crippen molar-refractivity contribution in [3.8, 4) is 0 Å². The summed E-state index contributed by atoms with van der Waals surface area (Å²) in [4.78, 5) is 27.3. The lowest BCUT2D eigenvalue weighted by atomic mass is 10.1. The summed E-state index contributed by atoms with van der Waals surface area (Å²) < 4.78 is 1.88. The minimum Gasteiger partial charge on any atom is -0.409 e. The van der Waals surface area contributed by atoms with E-state index in [2.05, 4.69) is 21.4 Å². The van der Waals surface area contributed by atoms with Crippen molar-refractivity contribution >= 4 is 39.9 Å². The molecule has 1 aromatic heterocycles. The van der Waals surface area contributed by atoms with Gasteiger partial charge in [-0.2, -0.15) is 0 Å². The van der Waals surface area contributed by atoms with Gasteiger partial charge in [-0.1, -0.05) is 35.5 Å². The van der Waals surface area contributed by atoms with E-state index in [1.807, 2.05) is 34.9 Å². The molecular formula is C28H28N6O3. The molecule has 188 valence electrons. The summed E-state index contributed by atoms with van der Waals surface area (Å²) in [6.07, 6.45) is 2.34. The van der Waals surface area contributed by atoms with Gasteiger partial charge in [0, 0.05) is 53.0 Å². The van der Waals surface area contributed by atoms with Gasteiger partial charge in [-0.3, -0.25) is 9.59 Å². The van der Waals surface area contributed by atoms with Crippen molar-refractivity contribution < 1.29 is 14.8 Å². The number of nitrogens with two attached hydrogens (primary N) is 2. The van der Waals surface area contributed by atoms with Crippen LogP contribution in [0.15, 0.2) is 78.0 Å². The molecule has 5 rings (SSSR count). The molecule has 0 aliphatic carbocycles. The van der Waals surface area contributed by atoms with Gasteiger partial charge < -0.3 is 31.5 Å². The fraction of sp³-hybridized carbons (Fsp3) is 0.179. The minimum absolute atomic E-state index is 0.0230. The van der Waals surface area contributed by atoms with Gasteiger partial charge in [0.1, 0.15) is 5.69 Å². The van der Waals surface area contributed by atoms with Crippen LogP contribution in [-0.4, -0.2) is 40.5 Å². The van der Waals surface area contributed by atoms with E-state index in [-0.39, 0.29) is 11.7 Å². The van der Waals surface area contributed by atoms with Crippen molar-refractivity contribution in [1.82, 2.24) is 4.57 Å². The van der Waals surface area contributed by atoms with E-state index in [0.717, 1.165) is 40.9 Å². The van der Waals surface area contributed by atoms with Gasteiger partial charge in [-0.25, -0.2) is 0 Å². The maximum absolute atomic E-state index is 13.6. The van der Waals surface area contributed by atoms with Crippen LogP contribution < -0.4 is 21.7 Å². The zero-order valence-electron chi connectivity index (χ0n) is 20.2. The van der Waals surface area contributed by atoms with Gasteiger partial charge in [0.05, 0.1) is 0 Å². The number of hydrogen-bond donors (Lipinski definition) is 4. The van der Waals surface area contributed by atoms with Crippen LogP contribution in [0, 0.1) is 0 Å². The average Bonchev–Trinajstić information content (AvgIpc) is 3.57. The van der Waals surface area contributed by atoms with E-state index in [1.165, 1.54) is 12.8 Å². The van der Waals surface area contributed by atoms with Crippen LogP contribution >= 0.6 is 0 Å².